The van der Waals surface area contributed by atoms with Gasteiger partial charge < -0.3 is 16.2 Å². The lowest BCUT2D eigenvalue weighted by atomic mass is 10.4. The number of nitrogens with one attached hydrogen (secondary N) is 1. The van der Waals surface area contributed by atoms with Crippen molar-refractivity contribution in [2.45, 2.75) is 6.42 Å². The van der Waals surface area contributed by atoms with Gasteiger partial charge in [-0.15, -0.1) is 0 Å². The van der Waals surface area contributed by atoms with E-state index in [1.165, 1.54) is 0 Å². The van der Waals surface area contributed by atoms with E-state index in [1.54, 1.807) is 0 Å². The minimum Gasteiger partial charge on any atom is -0.395 e. The predicted molar refractivity (Wildman–Crippen MR) is 33.6 cm³/mol. The van der Waals surface area contributed by atoms with Gasteiger partial charge in [-0.25, -0.2) is 0 Å². The standard InChI is InChI=1S/C5H14N2O/c6-2-1-3-7-4-5-8/h7-8H,1-6H2. The molecule has 0 unspecified atom stereocenters. The van der Waals surface area contributed by atoms with Gasteiger partial charge in [0, 0.05) is 6.54 Å². The highest BCUT2D eigenvalue weighted by Gasteiger charge is 1.81. The van der Waals surface area contributed by atoms with E-state index in [4.69, 9.17) is 10.8 Å². The van der Waals surface area contributed by atoms with Crippen molar-refractivity contribution in [1.29, 1.82) is 0 Å². The van der Waals surface area contributed by atoms with Crippen LogP contribution in [-0.2, 0) is 0 Å². The van der Waals surface area contributed by atoms with Gasteiger partial charge in [-0.05, 0) is 19.5 Å². The summed E-state index contributed by atoms with van der Waals surface area (Å²) in [4.78, 5) is 0. The SMILES string of the molecule is NCCCNCCO. The summed E-state index contributed by atoms with van der Waals surface area (Å²) in [5.41, 5.74) is 5.21. The van der Waals surface area contributed by atoms with Crippen LogP contribution in [0.1, 0.15) is 6.42 Å². The molecule has 0 bridgehead atoms. The molecule has 0 saturated carbocycles. The Bertz CT molecular complexity index is 35.4. The lowest BCUT2D eigenvalue weighted by Crippen LogP contribution is -2.21. The van der Waals surface area contributed by atoms with Gasteiger partial charge >= 0.3 is 0 Å². The van der Waals surface area contributed by atoms with Crippen LogP contribution >= 0.6 is 0 Å². The molecule has 0 atom stereocenters. The van der Waals surface area contributed by atoms with Gasteiger partial charge in [-0.3, -0.25) is 0 Å². The number of aliphatic hydroxyl groups is 1. The highest BCUT2D eigenvalue weighted by Crippen LogP contribution is 1.66. The number of aliphatic hydroxyl groups excluding tert-OH is 1. The molecule has 0 aromatic carbocycles. The van der Waals surface area contributed by atoms with Crippen molar-refractivity contribution in [3.05, 3.63) is 0 Å². The van der Waals surface area contributed by atoms with Crippen molar-refractivity contribution in [3.63, 3.8) is 0 Å². The molecule has 50 valence electrons. The topological polar surface area (TPSA) is 58.3 Å². The van der Waals surface area contributed by atoms with Gasteiger partial charge in [0.05, 0.1) is 6.61 Å². The first-order valence-corrected chi connectivity index (χ1v) is 2.93. The molecule has 3 heteroatoms. The van der Waals surface area contributed by atoms with Gasteiger partial charge in [-0.1, -0.05) is 0 Å². The number of rotatable bonds is 5. The van der Waals surface area contributed by atoms with E-state index in [0.717, 1.165) is 19.5 Å². The maximum Gasteiger partial charge on any atom is 0.0555 e. The van der Waals surface area contributed by atoms with Crippen LogP contribution in [0, 0.1) is 0 Å². The second kappa shape index (κ2) is 6.88. The van der Waals surface area contributed by atoms with Gasteiger partial charge in [0.25, 0.3) is 0 Å². The summed E-state index contributed by atoms with van der Waals surface area (Å²) in [6.07, 6.45) is 0.986. The Morgan fingerprint density at radius 3 is 2.62 bits per heavy atom. The average molecular weight is 118 g/mol. The molecule has 0 aromatic rings. The number of hydrogen-bond donors (Lipinski definition) is 3. The van der Waals surface area contributed by atoms with Crippen molar-refractivity contribution in [2.75, 3.05) is 26.2 Å². The summed E-state index contributed by atoms with van der Waals surface area (Å²) >= 11 is 0. The van der Waals surface area contributed by atoms with Gasteiger partial charge in [0.2, 0.25) is 0 Å². The molecule has 0 amide bonds. The Kier molecular flexibility index (Phi) is 6.78. The molecule has 0 aliphatic carbocycles. The summed E-state index contributed by atoms with van der Waals surface area (Å²) in [5.74, 6) is 0. The van der Waals surface area contributed by atoms with Gasteiger partial charge in [0.15, 0.2) is 0 Å². The monoisotopic (exact) mass is 118 g/mol. The van der Waals surface area contributed by atoms with E-state index >= 15 is 0 Å². The van der Waals surface area contributed by atoms with Crippen LogP contribution in [0.4, 0.5) is 0 Å². The minimum atomic E-state index is 0.213. The fourth-order valence-electron chi connectivity index (χ4n) is 0.431. The molecule has 0 aromatic heterocycles. The molecule has 0 spiro atoms. The molecule has 0 saturated heterocycles. The van der Waals surface area contributed by atoms with Crippen molar-refractivity contribution in [1.82, 2.24) is 5.32 Å². The van der Waals surface area contributed by atoms with Crippen LogP contribution < -0.4 is 11.1 Å². The Morgan fingerprint density at radius 1 is 1.38 bits per heavy atom. The summed E-state index contributed by atoms with van der Waals surface area (Å²) < 4.78 is 0. The lowest BCUT2D eigenvalue weighted by molar-refractivity contribution is 0.292. The van der Waals surface area contributed by atoms with Crippen molar-refractivity contribution >= 4 is 0 Å². The van der Waals surface area contributed by atoms with Crippen LogP contribution in [0.5, 0.6) is 0 Å². The fourth-order valence-corrected chi connectivity index (χ4v) is 0.431. The Labute approximate surface area is 49.9 Å². The largest absolute Gasteiger partial charge is 0.395 e. The van der Waals surface area contributed by atoms with E-state index in [2.05, 4.69) is 5.32 Å². The zero-order valence-corrected chi connectivity index (χ0v) is 5.06. The van der Waals surface area contributed by atoms with Gasteiger partial charge in [0.1, 0.15) is 0 Å². The van der Waals surface area contributed by atoms with Crippen molar-refractivity contribution < 1.29 is 5.11 Å². The highest BCUT2D eigenvalue weighted by molar-refractivity contribution is 4.45. The van der Waals surface area contributed by atoms with Crippen molar-refractivity contribution in [2.24, 2.45) is 5.73 Å². The molecular weight excluding hydrogens is 104 g/mol. The Balaban J connectivity index is 2.53. The third-order valence-corrected chi connectivity index (χ3v) is 0.846. The number of nitrogens with two attached hydrogens (primary N) is 1. The molecule has 0 aliphatic rings. The maximum atomic E-state index is 8.27. The van der Waals surface area contributed by atoms with E-state index in [0.29, 0.717) is 6.54 Å². The first kappa shape index (κ1) is 7.88. The zero-order valence-electron chi connectivity index (χ0n) is 5.06. The molecule has 0 radical (unpaired) electrons. The first-order chi connectivity index (χ1) is 3.91. The lowest BCUT2D eigenvalue weighted by Gasteiger charge is -1.97. The summed E-state index contributed by atoms with van der Waals surface area (Å²) in [6, 6.07) is 0. The second-order valence-corrected chi connectivity index (χ2v) is 1.62. The van der Waals surface area contributed by atoms with Crippen LogP contribution in [0.25, 0.3) is 0 Å². The van der Waals surface area contributed by atoms with Gasteiger partial charge in [-0.2, -0.15) is 0 Å². The van der Waals surface area contributed by atoms with E-state index in [1.807, 2.05) is 0 Å². The average Bonchev–Trinajstić information content (AvgIpc) is 1.81. The third-order valence-electron chi connectivity index (χ3n) is 0.846. The maximum absolute atomic E-state index is 8.27. The second-order valence-electron chi connectivity index (χ2n) is 1.62. The molecule has 0 fully saturated rings. The first-order valence-electron chi connectivity index (χ1n) is 2.93. The minimum absolute atomic E-state index is 0.213. The van der Waals surface area contributed by atoms with E-state index in [-0.39, 0.29) is 6.61 Å². The summed E-state index contributed by atoms with van der Waals surface area (Å²) in [5, 5.41) is 11.3. The normalized spacial score (nSPS) is 9.75. The Hall–Kier alpha value is -0.120. The molecule has 4 N–H and O–H groups in total. The fraction of sp³-hybridized carbons (Fsp3) is 1.00. The molecule has 8 heavy (non-hydrogen) atoms. The quantitative estimate of drug-likeness (QED) is 0.402. The van der Waals surface area contributed by atoms with E-state index in [9.17, 15) is 0 Å². The zero-order chi connectivity index (χ0) is 6.24. The smallest absolute Gasteiger partial charge is 0.0555 e. The van der Waals surface area contributed by atoms with Crippen molar-refractivity contribution in [3.8, 4) is 0 Å². The van der Waals surface area contributed by atoms with Crippen LogP contribution in [-0.4, -0.2) is 31.3 Å². The molecular formula is C5H14N2O. The highest BCUT2D eigenvalue weighted by atomic mass is 16.3. The molecule has 0 aliphatic heterocycles. The summed E-state index contributed by atoms with van der Waals surface area (Å²) in [6.45, 7) is 2.53. The third kappa shape index (κ3) is 5.88. The van der Waals surface area contributed by atoms with Crippen LogP contribution in [0.3, 0.4) is 0 Å². The molecule has 0 heterocycles. The van der Waals surface area contributed by atoms with E-state index < -0.39 is 0 Å². The molecule has 3 nitrogen and oxygen atoms in total. The summed E-state index contributed by atoms with van der Waals surface area (Å²) in [7, 11) is 0. The Morgan fingerprint density at radius 2 is 2.12 bits per heavy atom. The van der Waals surface area contributed by atoms with Crippen LogP contribution in [0.15, 0.2) is 0 Å². The predicted octanol–water partition coefficient (Wildman–Crippen LogP) is -1.08. The van der Waals surface area contributed by atoms with Crippen LogP contribution in [0.2, 0.25) is 0 Å². The number of hydrogen-bond acceptors (Lipinski definition) is 3. The molecule has 0 rings (SSSR count).